The zero-order valence-electron chi connectivity index (χ0n) is 27.9. The summed E-state index contributed by atoms with van der Waals surface area (Å²) in [5.74, 6) is 0. The molecule has 0 aromatic heterocycles. The van der Waals surface area contributed by atoms with Gasteiger partial charge in [0, 0.05) is 0 Å². The summed E-state index contributed by atoms with van der Waals surface area (Å²) in [6.45, 7) is 13.6. The SMILES string of the molecule is CC(C)(C)c1c[c-]c2c(c1)-c1cc(C(C)(C)C)ccc1C2.FC(F)(F)c1cccc([C](=[Zr+2])c2cccc(C(F)(F)F)c2)c1.[C-]1=CC=CC1. The number of alkyl halides is 6. The molecule has 0 heterocycles. The molecule has 0 fully saturated rings. The Bertz CT molecular complexity index is 1690. The maximum atomic E-state index is 12.7. The van der Waals surface area contributed by atoms with Gasteiger partial charge in [-0.1, -0.05) is 76.3 Å². The number of rotatable bonds is 2. The molecule has 0 radical (unpaired) electrons. The number of hydrogen-bond donors (Lipinski definition) is 0. The van der Waals surface area contributed by atoms with Crippen LogP contribution in [0.25, 0.3) is 11.1 Å². The number of halogens is 6. The van der Waals surface area contributed by atoms with Gasteiger partial charge in [0.2, 0.25) is 0 Å². The predicted octanol–water partition coefficient (Wildman–Crippen LogP) is 11.8. The second-order valence-electron chi connectivity index (χ2n) is 13.9. The standard InChI is InChI=1S/C21H25.C15H8F6.C5H5.Zr/c1-20(2,3)16-9-7-14-11-15-8-10-17(21(4,5)6)13-19(15)18(14)12-16;16-14(17,18)12-5-1-3-10(8-12)7-11-4-2-6-13(9-11)15(19,20)21;1-2-4-5-3-1;/h7,9-10,12-13H,11H2,1-6H3;1-6,8-9H;1-3H,4H2;/q-1;;-1;+2. The maximum absolute atomic E-state index is 12.7. The number of fused-ring (bicyclic) bond motifs is 3. The van der Waals surface area contributed by atoms with E-state index in [0.29, 0.717) is 3.21 Å². The molecule has 0 unspecified atom stereocenters. The molecule has 0 atom stereocenters. The molecule has 0 bridgehead atoms. The third kappa shape index (κ3) is 9.65. The molecule has 0 aliphatic heterocycles. The van der Waals surface area contributed by atoms with Crippen molar-refractivity contribution in [1.29, 1.82) is 0 Å². The summed E-state index contributed by atoms with van der Waals surface area (Å²) < 4.78 is 76.7. The van der Waals surface area contributed by atoms with Gasteiger partial charge in [-0.05, 0) is 17.4 Å². The van der Waals surface area contributed by atoms with Crippen molar-refractivity contribution in [1.82, 2.24) is 0 Å². The van der Waals surface area contributed by atoms with E-state index in [1.165, 1.54) is 57.6 Å². The molecule has 0 saturated heterocycles. The first kappa shape index (κ1) is 37.5. The molecule has 248 valence electrons. The zero-order valence-corrected chi connectivity index (χ0v) is 30.4. The van der Waals surface area contributed by atoms with Gasteiger partial charge in [-0.25, -0.2) is 12.2 Å². The minimum absolute atomic E-state index is 0.177. The molecular weight excluding hydrogens is 698 g/mol. The average Bonchev–Trinajstić information content (AvgIpc) is 3.71. The van der Waals surface area contributed by atoms with Crippen molar-refractivity contribution in [3.63, 3.8) is 0 Å². The summed E-state index contributed by atoms with van der Waals surface area (Å²) in [5.41, 5.74) is 7.66. The number of hydrogen-bond acceptors (Lipinski definition) is 0. The van der Waals surface area contributed by atoms with E-state index < -0.39 is 23.5 Å². The van der Waals surface area contributed by atoms with E-state index >= 15 is 0 Å². The summed E-state index contributed by atoms with van der Waals surface area (Å²) in [6, 6.07) is 24.2. The van der Waals surface area contributed by atoms with Gasteiger partial charge < -0.3 is 0 Å². The van der Waals surface area contributed by atoms with E-state index in [4.69, 9.17) is 0 Å². The molecule has 7 heteroatoms. The molecule has 48 heavy (non-hydrogen) atoms. The van der Waals surface area contributed by atoms with Crippen LogP contribution in [0.15, 0.2) is 97.1 Å². The smallest absolute Gasteiger partial charge is 0.109 e. The normalized spacial score (nSPS) is 13.6. The molecule has 0 amide bonds. The van der Waals surface area contributed by atoms with E-state index in [0.717, 1.165) is 61.3 Å². The van der Waals surface area contributed by atoms with Crippen molar-refractivity contribution < 1.29 is 50.6 Å². The van der Waals surface area contributed by atoms with Gasteiger partial charge in [0.1, 0.15) is 0 Å². The second-order valence-corrected chi connectivity index (χ2v) is 15.1. The van der Waals surface area contributed by atoms with E-state index in [9.17, 15) is 26.3 Å². The molecule has 2 aliphatic carbocycles. The molecule has 0 saturated carbocycles. The Hall–Kier alpha value is -3.31. The van der Waals surface area contributed by atoms with Crippen molar-refractivity contribution in [2.24, 2.45) is 0 Å². The van der Waals surface area contributed by atoms with Gasteiger partial charge in [0.15, 0.2) is 0 Å². The van der Waals surface area contributed by atoms with Crippen molar-refractivity contribution >= 4 is 3.21 Å². The summed E-state index contributed by atoms with van der Waals surface area (Å²) in [7, 11) is 0. The Labute approximate surface area is 294 Å². The van der Waals surface area contributed by atoms with E-state index in [1.807, 2.05) is 12.2 Å². The maximum Gasteiger partial charge on any atom is -0.109 e. The fraction of sp³-hybridized carbons (Fsp3) is 0.293. The fourth-order valence-electron chi connectivity index (χ4n) is 5.19. The first-order chi connectivity index (χ1) is 22.2. The Balaban J connectivity index is 0.000000189. The molecule has 0 nitrogen and oxygen atoms in total. The van der Waals surface area contributed by atoms with Crippen LogP contribution in [-0.2, 0) is 53.8 Å². The van der Waals surface area contributed by atoms with Crippen LogP contribution in [0.2, 0.25) is 0 Å². The largest absolute Gasteiger partial charge is 0.273 e. The van der Waals surface area contributed by atoms with Crippen molar-refractivity contribution in [2.75, 3.05) is 0 Å². The predicted molar refractivity (Wildman–Crippen MR) is 179 cm³/mol. The minimum atomic E-state index is -4.49. The molecular formula is C41H38F6Zr. The average molecular weight is 736 g/mol. The topological polar surface area (TPSA) is 0 Å². The third-order valence-corrected chi connectivity index (χ3v) is 9.49. The summed E-state index contributed by atoms with van der Waals surface area (Å²) >= 11 is 0.729. The first-order valence-electron chi connectivity index (χ1n) is 15.6. The van der Waals surface area contributed by atoms with Crippen LogP contribution in [0, 0.1) is 12.1 Å². The van der Waals surface area contributed by atoms with Gasteiger partial charge in [0.05, 0.1) is 0 Å². The third-order valence-electron chi connectivity index (χ3n) is 8.07. The molecule has 4 aromatic rings. The Morgan fingerprint density at radius 2 is 1.19 bits per heavy atom. The second kappa shape index (κ2) is 14.7. The van der Waals surface area contributed by atoms with Crippen molar-refractivity contribution in [3.8, 4) is 11.1 Å². The fourth-order valence-corrected chi connectivity index (χ4v) is 5.96. The molecule has 0 N–H and O–H groups in total. The van der Waals surface area contributed by atoms with Crippen LogP contribution >= 0.6 is 0 Å². The van der Waals surface area contributed by atoms with Crippen molar-refractivity contribution in [2.45, 2.75) is 77.6 Å². The molecule has 6 rings (SSSR count). The molecule has 2 aliphatic rings. The van der Waals surface area contributed by atoms with Gasteiger partial charge in [-0.2, -0.15) is 35.4 Å². The minimum Gasteiger partial charge on any atom is -0.273 e. The van der Waals surface area contributed by atoms with Crippen LogP contribution in [0.1, 0.15) is 92.5 Å². The van der Waals surface area contributed by atoms with Gasteiger partial charge >= 0.3 is 137 Å². The number of allylic oxidation sites excluding steroid dienone is 4. The van der Waals surface area contributed by atoms with Gasteiger partial charge in [-0.15, -0.1) is 12.0 Å². The number of benzene rings is 4. The van der Waals surface area contributed by atoms with Crippen LogP contribution in [0.3, 0.4) is 0 Å². The van der Waals surface area contributed by atoms with Gasteiger partial charge in [-0.3, -0.25) is 6.08 Å². The van der Waals surface area contributed by atoms with Crippen LogP contribution in [0.5, 0.6) is 0 Å². The Kier molecular flexibility index (Phi) is 11.5. The molecule has 4 aromatic carbocycles. The summed E-state index contributed by atoms with van der Waals surface area (Å²) in [5, 5.41) is 0. The van der Waals surface area contributed by atoms with Crippen molar-refractivity contribution in [3.05, 3.63) is 154 Å². The molecule has 0 spiro atoms. The van der Waals surface area contributed by atoms with E-state index in [1.54, 1.807) is 0 Å². The van der Waals surface area contributed by atoms with E-state index in [2.05, 4.69) is 90.1 Å². The monoisotopic (exact) mass is 734 g/mol. The van der Waals surface area contributed by atoms with E-state index in [-0.39, 0.29) is 22.0 Å². The van der Waals surface area contributed by atoms with Crippen LogP contribution < -0.4 is 0 Å². The van der Waals surface area contributed by atoms with Gasteiger partial charge in [0.25, 0.3) is 0 Å². The first-order valence-corrected chi connectivity index (χ1v) is 16.8. The zero-order chi connectivity index (χ0) is 35.5. The van der Waals surface area contributed by atoms with Crippen LogP contribution in [-0.4, -0.2) is 3.21 Å². The van der Waals surface area contributed by atoms with Crippen LogP contribution in [0.4, 0.5) is 26.3 Å². The quantitative estimate of drug-likeness (QED) is 0.125. The summed E-state index contributed by atoms with van der Waals surface area (Å²) in [4.78, 5) is 0. The Morgan fingerprint density at radius 1 is 0.646 bits per heavy atom. The Morgan fingerprint density at radius 3 is 1.62 bits per heavy atom. The summed E-state index contributed by atoms with van der Waals surface area (Å²) in [6.07, 6.45) is 2.06.